The van der Waals surface area contributed by atoms with Gasteiger partial charge >= 0.3 is 0 Å². The molecule has 0 aliphatic heterocycles. The summed E-state index contributed by atoms with van der Waals surface area (Å²) >= 11 is 11.7. The van der Waals surface area contributed by atoms with E-state index >= 15 is 0 Å². The van der Waals surface area contributed by atoms with Crippen LogP contribution in [0.4, 0.5) is 0 Å². The zero-order valence-electron chi connectivity index (χ0n) is 12.2. The standard InChI is InChI=1S/C15H27Cl2NO/c1-3-4-5-12-6-8-13(9-7-12)14(19)18-15(2,10-16)11-17/h12-13H,3-11H2,1-2H3,(H,18,19). The Kier molecular flexibility index (Phi) is 7.53. The molecule has 4 heteroatoms. The van der Waals surface area contributed by atoms with Crippen molar-refractivity contribution in [3.05, 3.63) is 0 Å². The fraction of sp³-hybridized carbons (Fsp3) is 0.933. The summed E-state index contributed by atoms with van der Waals surface area (Å²) in [5.41, 5.74) is -0.473. The number of amides is 1. The van der Waals surface area contributed by atoms with Gasteiger partial charge in [0.2, 0.25) is 5.91 Å². The number of carbonyl (C=O) groups is 1. The maximum atomic E-state index is 12.2. The van der Waals surface area contributed by atoms with Crippen LogP contribution in [0, 0.1) is 11.8 Å². The van der Waals surface area contributed by atoms with Crippen molar-refractivity contribution in [1.82, 2.24) is 5.32 Å². The first-order valence-corrected chi connectivity index (χ1v) is 8.55. The Bertz CT molecular complexity index is 271. The van der Waals surface area contributed by atoms with Gasteiger partial charge in [0.25, 0.3) is 0 Å². The summed E-state index contributed by atoms with van der Waals surface area (Å²) in [5.74, 6) is 1.83. The number of rotatable bonds is 7. The average molecular weight is 308 g/mol. The van der Waals surface area contributed by atoms with Crippen molar-refractivity contribution in [2.24, 2.45) is 11.8 Å². The van der Waals surface area contributed by atoms with Crippen LogP contribution in [-0.2, 0) is 4.79 Å². The Labute approximate surface area is 127 Å². The van der Waals surface area contributed by atoms with E-state index in [2.05, 4.69) is 12.2 Å². The molecule has 0 bridgehead atoms. The molecule has 1 amide bonds. The maximum Gasteiger partial charge on any atom is 0.223 e. The molecule has 0 saturated heterocycles. The fourth-order valence-electron chi connectivity index (χ4n) is 2.71. The van der Waals surface area contributed by atoms with Crippen molar-refractivity contribution in [2.45, 2.75) is 64.3 Å². The molecule has 0 aromatic carbocycles. The lowest BCUT2D eigenvalue weighted by Crippen LogP contribution is -2.51. The van der Waals surface area contributed by atoms with Crippen LogP contribution in [0.25, 0.3) is 0 Å². The molecule has 0 heterocycles. The van der Waals surface area contributed by atoms with Crippen LogP contribution in [0.3, 0.4) is 0 Å². The zero-order valence-corrected chi connectivity index (χ0v) is 13.7. The van der Waals surface area contributed by atoms with E-state index in [1.165, 1.54) is 32.1 Å². The number of nitrogens with one attached hydrogen (secondary N) is 1. The number of halogens is 2. The van der Waals surface area contributed by atoms with Crippen LogP contribution in [-0.4, -0.2) is 23.2 Å². The highest BCUT2D eigenvalue weighted by molar-refractivity contribution is 6.22. The van der Waals surface area contributed by atoms with E-state index in [1.807, 2.05) is 6.92 Å². The molecule has 112 valence electrons. The predicted molar refractivity (Wildman–Crippen MR) is 83.0 cm³/mol. The van der Waals surface area contributed by atoms with Crippen LogP contribution < -0.4 is 5.32 Å². The summed E-state index contributed by atoms with van der Waals surface area (Å²) in [7, 11) is 0. The molecule has 0 unspecified atom stereocenters. The van der Waals surface area contributed by atoms with Crippen molar-refractivity contribution in [2.75, 3.05) is 11.8 Å². The van der Waals surface area contributed by atoms with Crippen LogP contribution in [0.2, 0.25) is 0 Å². The van der Waals surface area contributed by atoms with Gasteiger partial charge in [0.15, 0.2) is 0 Å². The van der Waals surface area contributed by atoms with E-state index < -0.39 is 5.54 Å². The molecule has 1 aliphatic carbocycles. The topological polar surface area (TPSA) is 29.1 Å². The highest BCUT2D eigenvalue weighted by atomic mass is 35.5. The molecule has 1 aliphatic rings. The number of hydrogen-bond acceptors (Lipinski definition) is 1. The molecule has 1 N–H and O–H groups in total. The van der Waals surface area contributed by atoms with Gasteiger partial charge in [-0.05, 0) is 38.5 Å². The molecule has 1 saturated carbocycles. The van der Waals surface area contributed by atoms with Gasteiger partial charge in [-0.25, -0.2) is 0 Å². The van der Waals surface area contributed by atoms with Gasteiger partial charge in [-0.1, -0.05) is 26.2 Å². The predicted octanol–water partition coefficient (Wildman–Crippen LogP) is 4.34. The Balaban J connectivity index is 2.36. The molecule has 19 heavy (non-hydrogen) atoms. The normalized spacial score (nSPS) is 24.2. The molecule has 0 atom stereocenters. The van der Waals surface area contributed by atoms with E-state index in [0.717, 1.165) is 18.8 Å². The van der Waals surface area contributed by atoms with Crippen LogP contribution >= 0.6 is 23.2 Å². The lowest BCUT2D eigenvalue weighted by molar-refractivity contribution is -0.127. The monoisotopic (exact) mass is 307 g/mol. The molecular weight excluding hydrogens is 281 g/mol. The molecule has 0 radical (unpaired) electrons. The van der Waals surface area contributed by atoms with Crippen LogP contribution in [0.1, 0.15) is 58.8 Å². The van der Waals surface area contributed by atoms with E-state index in [4.69, 9.17) is 23.2 Å². The summed E-state index contributed by atoms with van der Waals surface area (Å²) in [4.78, 5) is 12.2. The number of alkyl halides is 2. The molecular formula is C15H27Cl2NO. The largest absolute Gasteiger partial charge is 0.348 e. The SMILES string of the molecule is CCCCC1CCC(C(=O)NC(C)(CCl)CCl)CC1. The fourth-order valence-corrected chi connectivity index (χ4v) is 3.13. The third-order valence-electron chi connectivity index (χ3n) is 4.20. The van der Waals surface area contributed by atoms with Gasteiger partial charge in [0.1, 0.15) is 0 Å². The average Bonchev–Trinajstić information content (AvgIpc) is 2.45. The molecule has 0 spiro atoms. The summed E-state index contributed by atoms with van der Waals surface area (Å²) in [5, 5.41) is 3.02. The van der Waals surface area contributed by atoms with Crippen molar-refractivity contribution in [3.8, 4) is 0 Å². The molecule has 1 fully saturated rings. The quantitative estimate of drug-likeness (QED) is 0.697. The minimum atomic E-state index is -0.473. The van der Waals surface area contributed by atoms with Gasteiger partial charge in [0, 0.05) is 17.7 Å². The highest BCUT2D eigenvalue weighted by Crippen LogP contribution is 2.32. The Morgan fingerprint density at radius 2 is 1.79 bits per heavy atom. The summed E-state index contributed by atoms with van der Waals surface area (Å²) in [6.45, 7) is 4.13. The molecule has 0 aromatic rings. The zero-order chi connectivity index (χ0) is 14.3. The van der Waals surface area contributed by atoms with Crippen LogP contribution in [0.5, 0.6) is 0 Å². The van der Waals surface area contributed by atoms with Crippen molar-refractivity contribution >= 4 is 29.1 Å². The third-order valence-corrected chi connectivity index (χ3v) is 5.38. The van der Waals surface area contributed by atoms with Crippen LogP contribution in [0.15, 0.2) is 0 Å². The minimum Gasteiger partial charge on any atom is -0.348 e. The first-order chi connectivity index (χ1) is 9.04. The number of carbonyl (C=O) groups excluding carboxylic acids is 1. The first kappa shape index (κ1) is 17.1. The van der Waals surface area contributed by atoms with Crippen molar-refractivity contribution in [3.63, 3.8) is 0 Å². The molecule has 1 rings (SSSR count). The number of hydrogen-bond donors (Lipinski definition) is 1. The third kappa shape index (κ3) is 5.51. The minimum absolute atomic E-state index is 0.137. The maximum absolute atomic E-state index is 12.2. The van der Waals surface area contributed by atoms with Gasteiger partial charge in [-0.2, -0.15) is 0 Å². The van der Waals surface area contributed by atoms with E-state index in [0.29, 0.717) is 11.8 Å². The Morgan fingerprint density at radius 1 is 1.21 bits per heavy atom. The second-order valence-electron chi connectivity index (χ2n) is 6.18. The lowest BCUT2D eigenvalue weighted by Gasteiger charge is -2.32. The first-order valence-electron chi connectivity index (χ1n) is 7.48. The summed E-state index contributed by atoms with van der Waals surface area (Å²) in [6.07, 6.45) is 8.32. The molecule has 2 nitrogen and oxygen atoms in total. The van der Waals surface area contributed by atoms with Gasteiger partial charge < -0.3 is 5.32 Å². The smallest absolute Gasteiger partial charge is 0.223 e. The van der Waals surface area contributed by atoms with Gasteiger partial charge in [0.05, 0.1) is 5.54 Å². The summed E-state index contributed by atoms with van der Waals surface area (Å²) < 4.78 is 0. The Morgan fingerprint density at radius 3 is 2.26 bits per heavy atom. The lowest BCUT2D eigenvalue weighted by atomic mass is 9.79. The molecule has 0 aromatic heterocycles. The van der Waals surface area contributed by atoms with E-state index in [9.17, 15) is 4.79 Å². The summed E-state index contributed by atoms with van der Waals surface area (Å²) in [6, 6.07) is 0. The number of unbranched alkanes of at least 4 members (excludes halogenated alkanes) is 1. The van der Waals surface area contributed by atoms with E-state index in [-0.39, 0.29) is 11.8 Å². The van der Waals surface area contributed by atoms with Crippen molar-refractivity contribution < 1.29 is 4.79 Å². The van der Waals surface area contributed by atoms with Gasteiger partial charge in [-0.15, -0.1) is 23.2 Å². The van der Waals surface area contributed by atoms with Crippen molar-refractivity contribution in [1.29, 1.82) is 0 Å². The van der Waals surface area contributed by atoms with E-state index in [1.54, 1.807) is 0 Å². The second kappa shape index (κ2) is 8.36. The van der Waals surface area contributed by atoms with Gasteiger partial charge in [-0.3, -0.25) is 4.79 Å². The Hall–Kier alpha value is 0.0500. The highest BCUT2D eigenvalue weighted by Gasteiger charge is 2.31. The second-order valence-corrected chi connectivity index (χ2v) is 6.71.